The second-order valence-electron chi connectivity index (χ2n) is 6.77. The van der Waals surface area contributed by atoms with Crippen LogP contribution in [0.15, 0.2) is 24.3 Å². The fourth-order valence-corrected chi connectivity index (χ4v) is 2.13. The highest BCUT2D eigenvalue weighted by atomic mass is 15.1. The highest BCUT2D eigenvalue weighted by molar-refractivity contribution is 5.54. The maximum atomic E-state index is 3.54. The van der Waals surface area contributed by atoms with E-state index in [1.54, 1.807) is 0 Å². The summed E-state index contributed by atoms with van der Waals surface area (Å²) >= 11 is 0. The van der Waals surface area contributed by atoms with E-state index in [4.69, 9.17) is 0 Å². The molecule has 0 bridgehead atoms. The SMILES string of the molecule is CC1(C)CCc2ccccc2N1.CN(C)CCN(C)C. The van der Waals surface area contributed by atoms with Crippen molar-refractivity contribution < 1.29 is 0 Å². The Kier molecular flexibility index (Phi) is 6.50. The molecule has 114 valence electrons. The first-order valence-corrected chi connectivity index (χ1v) is 7.46. The Hall–Kier alpha value is -1.06. The predicted molar refractivity (Wildman–Crippen MR) is 89.6 cm³/mol. The van der Waals surface area contributed by atoms with Crippen LogP contribution in [0.25, 0.3) is 0 Å². The van der Waals surface area contributed by atoms with E-state index in [2.05, 4.69) is 81.4 Å². The first-order valence-electron chi connectivity index (χ1n) is 7.46. The van der Waals surface area contributed by atoms with E-state index >= 15 is 0 Å². The van der Waals surface area contributed by atoms with Gasteiger partial charge in [0.15, 0.2) is 0 Å². The lowest BCUT2D eigenvalue weighted by Crippen LogP contribution is -2.34. The Morgan fingerprint density at radius 3 is 2.10 bits per heavy atom. The van der Waals surface area contributed by atoms with Crippen molar-refractivity contribution >= 4 is 5.69 Å². The van der Waals surface area contributed by atoms with Gasteiger partial charge in [0.25, 0.3) is 0 Å². The molecule has 0 aromatic heterocycles. The van der Waals surface area contributed by atoms with Crippen LogP contribution < -0.4 is 5.32 Å². The first kappa shape index (κ1) is 17.0. The molecular formula is C17H31N3. The summed E-state index contributed by atoms with van der Waals surface area (Å²) in [6, 6.07) is 8.57. The summed E-state index contributed by atoms with van der Waals surface area (Å²) in [5, 5.41) is 3.54. The number of para-hydroxylation sites is 1. The van der Waals surface area contributed by atoms with Crippen LogP contribution in [0.2, 0.25) is 0 Å². The van der Waals surface area contributed by atoms with Crippen molar-refractivity contribution in [3.63, 3.8) is 0 Å². The number of likely N-dealkylation sites (N-methyl/N-ethyl adjacent to an activating group) is 2. The predicted octanol–water partition coefficient (Wildman–Crippen LogP) is 2.93. The number of hydrogen-bond donors (Lipinski definition) is 1. The van der Waals surface area contributed by atoms with Gasteiger partial charge < -0.3 is 15.1 Å². The molecule has 1 aromatic rings. The van der Waals surface area contributed by atoms with Crippen molar-refractivity contribution in [1.82, 2.24) is 9.80 Å². The van der Waals surface area contributed by atoms with Gasteiger partial charge in [0.1, 0.15) is 0 Å². The van der Waals surface area contributed by atoms with Crippen LogP contribution in [0.3, 0.4) is 0 Å². The molecule has 2 rings (SSSR count). The Balaban J connectivity index is 0.000000221. The molecule has 0 spiro atoms. The third kappa shape index (κ3) is 6.40. The van der Waals surface area contributed by atoms with Crippen LogP contribution in [0.5, 0.6) is 0 Å². The van der Waals surface area contributed by atoms with Gasteiger partial charge in [-0.1, -0.05) is 18.2 Å². The molecule has 1 N–H and O–H groups in total. The molecule has 0 saturated heterocycles. The summed E-state index contributed by atoms with van der Waals surface area (Å²) in [5.74, 6) is 0. The van der Waals surface area contributed by atoms with E-state index in [1.165, 1.54) is 24.1 Å². The fourth-order valence-electron chi connectivity index (χ4n) is 2.13. The highest BCUT2D eigenvalue weighted by Gasteiger charge is 2.22. The van der Waals surface area contributed by atoms with Gasteiger partial charge in [0, 0.05) is 24.3 Å². The van der Waals surface area contributed by atoms with E-state index in [0.29, 0.717) is 0 Å². The normalized spacial score (nSPS) is 16.2. The summed E-state index contributed by atoms with van der Waals surface area (Å²) in [5.41, 5.74) is 3.04. The van der Waals surface area contributed by atoms with Crippen molar-refractivity contribution in [3.8, 4) is 0 Å². The highest BCUT2D eigenvalue weighted by Crippen LogP contribution is 2.29. The molecule has 1 aromatic carbocycles. The van der Waals surface area contributed by atoms with E-state index in [9.17, 15) is 0 Å². The zero-order valence-corrected chi connectivity index (χ0v) is 14.0. The maximum absolute atomic E-state index is 3.54. The lowest BCUT2D eigenvalue weighted by molar-refractivity contribution is 0.320. The van der Waals surface area contributed by atoms with Crippen LogP contribution in [0.4, 0.5) is 5.69 Å². The van der Waals surface area contributed by atoms with Crippen LogP contribution in [-0.4, -0.2) is 56.6 Å². The average Bonchev–Trinajstić information content (AvgIpc) is 2.36. The maximum Gasteiger partial charge on any atom is 0.0376 e. The van der Waals surface area contributed by atoms with E-state index in [0.717, 1.165) is 13.1 Å². The molecule has 0 fully saturated rings. The lowest BCUT2D eigenvalue weighted by atomic mass is 9.90. The number of nitrogens with zero attached hydrogens (tertiary/aromatic N) is 2. The van der Waals surface area contributed by atoms with E-state index < -0.39 is 0 Å². The molecule has 3 nitrogen and oxygen atoms in total. The number of hydrogen-bond acceptors (Lipinski definition) is 3. The summed E-state index contributed by atoms with van der Waals surface area (Å²) in [4.78, 5) is 4.36. The fraction of sp³-hybridized carbons (Fsp3) is 0.647. The lowest BCUT2D eigenvalue weighted by Gasteiger charge is -2.33. The van der Waals surface area contributed by atoms with Crippen LogP contribution in [0, 0.1) is 0 Å². The van der Waals surface area contributed by atoms with Crippen molar-refractivity contribution in [2.75, 3.05) is 46.6 Å². The summed E-state index contributed by atoms with van der Waals surface area (Å²) in [7, 11) is 8.35. The second-order valence-corrected chi connectivity index (χ2v) is 6.77. The molecule has 1 aliphatic heterocycles. The molecule has 1 heterocycles. The van der Waals surface area contributed by atoms with E-state index in [1.807, 2.05) is 0 Å². The minimum absolute atomic E-state index is 0.272. The number of fused-ring (bicyclic) bond motifs is 1. The van der Waals surface area contributed by atoms with Crippen LogP contribution >= 0.6 is 0 Å². The van der Waals surface area contributed by atoms with Gasteiger partial charge >= 0.3 is 0 Å². The minimum Gasteiger partial charge on any atom is -0.380 e. The van der Waals surface area contributed by atoms with E-state index in [-0.39, 0.29) is 5.54 Å². The van der Waals surface area contributed by atoms with Crippen LogP contribution in [0.1, 0.15) is 25.8 Å². The third-order valence-corrected chi connectivity index (χ3v) is 3.50. The quantitative estimate of drug-likeness (QED) is 0.916. The van der Waals surface area contributed by atoms with Gasteiger partial charge in [0.2, 0.25) is 0 Å². The third-order valence-electron chi connectivity index (χ3n) is 3.50. The molecule has 20 heavy (non-hydrogen) atoms. The minimum atomic E-state index is 0.272. The van der Waals surface area contributed by atoms with Gasteiger partial charge in [-0.2, -0.15) is 0 Å². The number of benzene rings is 1. The van der Waals surface area contributed by atoms with Crippen molar-refractivity contribution in [2.24, 2.45) is 0 Å². The Morgan fingerprint density at radius 1 is 1.00 bits per heavy atom. The van der Waals surface area contributed by atoms with Gasteiger partial charge in [-0.3, -0.25) is 0 Å². The summed E-state index contributed by atoms with van der Waals surface area (Å²) in [6.45, 7) is 6.80. The number of nitrogens with one attached hydrogen (secondary N) is 1. The standard InChI is InChI=1S/C11H15N.C6H16N2/c1-11(2)8-7-9-5-3-4-6-10(9)12-11;1-7(2)5-6-8(3)4/h3-6,12H,7-8H2,1-2H3;5-6H2,1-4H3. The van der Waals surface area contributed by atoms with Crippen molar-refractivity contribution in [1.29, 1.82) is 0 Å². The Labute approximate surface area is 125 Å². The molecule has 0 amide bonds. The molecule has 0 atom stereocenters. The Morgan fingerprint density at radius 2 is 1.55 bits per heavy atom. The molecular weight excluding hydrogens is 246 g/mol. The van der Waals surface area contributed by atoms with Gasteiger partial charge in [-0.05, 0) is 66.5 Å². The molecule has 0 radical (unpaired) electrons. The van der Waals surface area contributed by atoms with Crippen molar-refractivity contribution in [2.45, 2.75) is 32.2 Å². The topological polar surface area (TPSA) is 18.5 Å². The van der Waals surface area contributed by atoms with Crippen LogP contribution in [-0.2, 0) is 6.42 Å². The summed E-state index contributed by atoms with van der Waals surface area (Å²) in [6.07, 6.45) is 2.43. The van der Waals surface area contributed by atoms with Gasteiger partial charge in [-0.15, -0.1) is 0 Å². The molecule has 3 heteroatoms. The molecule has 0 aliphatic carbocycles. The zero-order valence-electron chi connectivity index (χ0n) is 14.0. The first-order chi connectivity index (χ1) is 9.30. The average molecular weight is 277 g/mol. The smallest absolute Gasteiger partial charge is 0.0376 e. The number of rotatable bonds is 3. The second kappa shape index (κ2) is 7.65. The molecule has 0 saturated carbocycles. The largest absolute Gasteiger partial charge is 0.380 e. The van der Waals surface area contributed by atoms with Crippen molar-refractivity contribution in [3.05, 3.63) is 29.8 Å². The molecule has 0 unspecified atom stereocenters. The molecule has 1 aliphatic rings. The monoisotopic (exact) mass is 277 g/mol. The Bertz CT molecular complexity index is 389. The van der Waals surface area contributed by atoms with Gasteiger partial charge in [0.05, 0.1) is 0 Å². The number of aryl methyl sites for hydroxylation is 1. The van der Waals surface area contributed by atoms with Gasteiger partial charge in [-0.25, -0.2) is 0 Å². The zero-order chi connectivity index (χ0) is 15.2. The number of anilines is 1. The summed E-state index contributed by atoms with van der Waals surface area (Å²) < 4.78 is 0.